The minimum Gasteiger partial charge on any atom is -0.454 e. The van der Waals surface area contributed by atoms with E-state index in [0.29, 0.717) is 27.9 Å². The number of nitrogens with one attached hydrogen (secondary N) is 1. The summed E-state index contributed by atoms with van der Waals surface area (Å²) in [6.07, 6.45) is 1.16. The highest BCUT2D eigenvalue weighted by Gasteiger charge is 2.53. The van der Waals surface area contributed by atoms with Crippen molar-refractivity contribution in [2.75, 3.05) is 17.7 Å². The zero-order chi connectivity index (χ0) is 18.2. The van der Waals surface area contributed by atoms with Gasteiger partial charge in [0, 0.05) is 17.9 Å². The second-order valence-corrected chi connectivity index (χ2v) is 8.37. The molecule has 6 nitrogen and oxygen atoms in total. The van der Waals surface area contributed by atoms with Crippen LogP contribution in [0.5, 0.6) is 0 Å². The first-order valence-electron chi connectivity index (χ1n) is 7.68. The lowest BCUT2D eigenvalue weighted by Crippen LogP contribution is -2.47. The Balaban J connectivity index is 1.54. The summed E-state index contributed by atoms with van der Waals surface area (Å²) in [6, 6.07) is 4.02. The number of anilines is 1. The summed E-state index contributed by atoms with van der Waals surface area (Å²) in [5, 5.41) is 3.26. The molecule has 2 saturated heterocycles. The highest BCUT2D eigenvalue weighted by Crippen LogP contribution is 2.47. The highest BCUT2D eigenvalue weighted by atomic mass is 35.5. The maximum Gasteiger partial charge on any atom is 0.330 e. The van der Waals surface area contributed by atoms with Crippen LogP contribution in [0.1, 0.15) is 19.8 Å². The van der Waals surface area contributed by atoms with E-state index < -0.39 is 24.5 Å². The first-order chi connectivity index (χ1) is 11.8. The van der Waals surface area contributed by atoms with Crippen molar-refractivity contribution >= 4 is 58.4 Å². The van der Waals surface area contributed by atoms with E-state index in [2.05, 4.69) is 5.32 Å². The van der Waals surface area contributed by atoms with Crippen molar-refractivity contribution in [1.29, 1.82) is 0 Å². The zero-order valence-corrected chi connectivity index (χ0v) is 15.7. The largest absolute Gasteiger partial charge is 0.454 e. The van der Waals surface area contributed by atoms with Gasteiger partial charge in [0.1, 0.15) is 6.04 Å². The quantitative estimate of drug-likeness (QED) is 0.783. The van der Waals surface area contributed by atoms with Crippen LogP contribution >= 0.6 is 35.0 Å². The molecule has 2 amide bonds. The predicted molar refractivity (Wildman–Crippen MR) is 96.8 cm³/mol. The molecule has 25 heavy (non-hydrogen) atoms. The first kappa shape index (κ1) is 18.4. The number of carbonyl (C=O) groups excluding carboxylic acids is 3. The van der Waals surface area contributed by atoms with Crippen LogP contribution < -0.4 is 5.32 Å². The van der Waals surface area contributed by atoms with Gasteiger partial charge in [-0.25, -0.2) is 4.79 Å². The molecule has 2 aliphatic rings. The van der Waals surface area contributed by atoms with Gasteiger partial charge in [-0.15, -0.1) is 11.8 Å². The molecule has 1 N–H and O–H groups in total. The summed E-state index contributed by atoms with van der Waals surface area (Å²) in [5.74, 6) is -0.617. The number of benzene rings is 1. The average molecular weight is 403 g/mol. The number of hydrogen-bond acceptors (Lipinski definition) is 5. The summed E-state index contributed by atoms with van der Waals surface area (Å²) in [7, 11) is 0. The summed E-state index contributed by atoms with van der Waals surface area (Å²) < 4.78 is 5.10. The van der Waals surface area contributed by atoms with Crippen LogP contribution in [0.25, 0.3) is 0 Å². The molecular formula is C16H16Cl2N2O4S. The van der Waals surface area contributed by atoms with Crippen LogP contribution in [0.15, 0.2) is 18.2 Å². The van der Waals surface area contributed by atoms with Crippen molar-refractivity contribution in [2.24, 2.45) is 0 Å². The number of nitrogens with zero attached hydrogens (tertiary/aromatic N) is 1. The van der Waals surface area contributed by atoms with Gasteiger partial charge in [-0.3, -0.25) is 9.59 Å². The van der Waals surface area contributed by atoms with Gasteiger partial charge in [-0.1, -0.05) is 23.2 Å². The number of hydrogen-bond donors (Lipinski definition) is 1. The van der Waals surface area contributed by atoms with Crippen LogP contribution in [0.4, 0.5) is 5.69 Å². The molecule has 0 spiro atoms. The number of thioether (sulfide) groups is 1. The summed E-state index contributed by atoms with van der Waals surface area (Å²) in [5.41, 5.74) is 0.453. The van der Waals surface area contributed by atoms with Crippen LogP contribution in [0.2, 0.25) is 10.0 Å². The third-order valence-electron chi connectivity index (χ3n) is 4.27. The molecule has 0 unspecified atom stereocenters. The first-order valence-corrected chi connectivity index (χ1v) is 9.42. The van der Waals surface area contributed by atoms with E-state index in [4.69, 9.17) is 27.9 Å². The van der Waals surface area contributed by atoms with Gasteiger partial charge in [0.05, 0.1) is 14.9 Å². The number of halogens is 2. The summed E-state index contributed by atoms with van der Waals surface area (Å²) >= 11 is 13.3. The Bertz CT molecular complexity index is 745. The van der Waals surface area contributed by atoms with Gasteiger partial charge >= 0.3 is 5.97 Å². The molecule has 3 rings (SSSR count). The predicted octanol–water partition coefficient (Wildman–Crippen LogP) is 2.93. The molecule has 0 aliphatic carbocycles. The summed E-state index contributed by atoms with van der Waals surface area (Å²) in [4.78, 5) is 37.5. The van der Waals surface area contributed by atoms with Crippen molar-refractivity contribution in [3.8, 4) is 0 Å². The third-order valence-corrected chi connectivity index (χ3v) is 6.51. The van der Waals surface area contributed by atoms with Crippen LogP contribution in [0.3, 0.4) is 0 Å². The smallest absolute Gasteiger partial charge is 0.330 e. The molecule has 0 aromatic heterocycles. The second-order valence-electron chi connectivity index (χ2n) is 6.05. The van der Waals surface area contributed by atoms with Gasteiger partial charge in [-0.2, -0.15) is 0 Å². The Morgan fingerprint density at radius 1 is 1.40 bits per heavy atom. The van der Waals surface area contributed by atoms with E-state index in [-0.39, 0.29) is 10.8 Å². The van der Waals surface area contributed by atoms with Crippen molar-refractivity contribution in [2.45, 2.75) is 30.7 Å². The Morgan fingerprint density at radius 2 is 2.16 bits per heavy atom. The fourth-order valence-corrected chi connectivity index (χ4v) is 4.71. The molecule has 9 heteroatoms. The lowest BCUT2D eigenvalue weighted by molar-refractivity contribution is -0.155. The standard InChI is InChI=1S/C16H16Cl2N2O4S/c1-16-5-4-14(22)20(16)12(8-25-16)15(23)24-7-13(21)19-9-2-3-10(17)11(18)6-9/h2-3,6,12H,4-5,7-8H2,1H3,(H,19,21)/t12-,16-/m1/s1. The van der Waals surface area contributed by atoms with E-state index in [1.807, 2.05) is 6.92 Å². The normalized spacial score (nSPS) is 25.0. The lowest BCUT2D eigenvalue weighted by atomic mass is 10.2. The zero-order valence-electron chi connectivity index (χ0n) is 13.4. The lowest BCUT2D eigenvalue weighted by Gasteiger charge is -2.29. The van der Waals surface area contributed by atoms with Gasteiger partial charge in [0.2, 0.25) is 5.91 Å². The monoisotopic (exact) mass is 402 g/mol. The van der Waals surface area contributed by atoms with Gasteiger partial charge in [-0.05, 0) is 31.5 Å². The number of fused-ring (bicyclic) bond motifs is 1. The average Bonchev–Trinajstić information content (AvgIpc) is 3.05. The van der Waals surface area contributed by atoms with Crippen molar-refractivity contribution < 1.29 is 19.1 Å². The molecule has 2 atom stereocenters. The number of ether oxygens (including phenoxy) is 1. The molecule has 1 aromatic carbocycles. The Kier molecular flexibility index (Phi) is 5.18. The van der Waals surface area contributed by atoms with Gasteiger partial charge in [0.25, 0.3) is 5.91 Å². The Labute approximate surface area is 159 Å². The molecule has 1 aromatic rings. The Morgan fingerprint density at radius 3 is 2.88 bits per heavy atom. The maximum absolute atomic E-state index is 12.3. The molecule has 0 bridgehead atoms. The topological polar surface area (TPSA) is 75.7 Å². The van der Waals surface area contributed by atoms with Crippen LogP contribution in [0, 0.1) is 0 Å². The SMILES string of the molecule is C[C@@]12CCC(=O)N1[C@@H](C(=O)OCC(=O)Nc1ccc(Cl)c(Cl)c1)CS2. The molecular weight excluding hydrogens is 387 g/mol. The Hall–Kier alpha value is -1.44. The molecule has 0 radical (unpaired) electrons. The van der Waals surface area contributed by atoms with E-state index >= 15 is 0 Å². The summed E-state index contributed by atoms with van der Waals surface area (Å²) in [6.45, 7) is 1.52. The van der Waals surface area contributed by atoms with Gasteiger partial charge < -0.3 is 15.0 Å². The maximum atomic E-state index is 12.3. The fraction of sp³-hybridized carbons (Fsp3) is 0.438. The number of carbonyl (C=O) groups is 3. The highest BCUT2D eigenvalue weighted by molar-refractivity contribution is 8.01. The van der Waals surface area contributed by atoms with E-state index in [0.717, 1.165) is 6.42 Å². The van der Waals surface area contributed by atoms with Crippen molar-refractivity contribution in [1.82, 2.24) is 4.90 Å². The van der Waals surface area contributed by atoms with Crippen molar-refractivity contribution in [3.63, 3.8) is 0 Å². The molecule has 0 saturated carbocycles. The van der Waals surface area contributed by atoms with E-state index in [1.54, 1.807) is 28.8 Å². The van der Waals surface area contributed by atoms with Crippen LogP contribution in [-0.2, 0) is 19.1 Å². The number of esters is 1. The third kappa shape index (κ3) is 3.73. The van der Waals surface area contributed by atoms with Crippen LogP contribution in [-0.4, -0.2) is 46.0 Å². The number of amides is 2. The van der Waals surface area contributed by atoms with Crippen molar-refractivity contribution in [3.05, 3.63) is 28.2 Å². The molecule has 134 valence electrons. The van der Waals surface area contributed by atoms with E-state index in [1.165, 1.54) is 6.07 Å². The fourth-order valence-electron chi connectivity index (χ4n) is 3.00. The minimum absolute atomic E-state index is 0.0466. The van der Waals surface area contributed by atoms with Gasteiger partial charge in [0.15, 0.2) is 6.61 Å². The molecule has 2 aliphatic heterocycles. The molecule has 2 heterocycles. The van der Waals surface area contributed by atoms with E-state index in [9.17, 15) is 14.4 Å². The second kappa shape index (κ2) is 7.05. The number of rotatable bonds is 4. The molecule has 2 fully saturated rings. The minimum atomic E-state index is -0.636.